The minimum atomic E-state index is -0.552. The van der Waals surface area contributed by atoms with Crippen molar-refractivity contribution in [3.05, 3.63) is 51.0 Å². The highest BCUT2D eigenvalue weighted by atomic mass is 19.1. The van der Waals surface area contributed by atoms with Crippen molar-refractivity contribution in [1.82, 2.24) is 14.9 Å². The third-order valence-corrected chi connectivity index (χ3v) is 6.01. The molecule has 4 heterocycles. The monoisotopic (exact) mass is 401 g/mol. The number of nitrogens with one attached hydrogen (secondary N) is 1. The first-order chi connectivity index (χ1) is 14.0. The Balaban J connectivity index is 1.52. The van der Waals surface area contributed by atoms with E-state index in [4.69, 9.17) is 4.74 Å². The number of methoxy groups -OCH3 is 1. The Labute approximate surface area is 168 Å². The Morgan fingerprint density at radius 2 is 2.10 bits per heavy atom. The normalized spacial score (nSPS) is 23.1. The van der Waals surface area contributed by atoms with Gasteiger partial charge in [0, 0.05) is 18.7 Å². The van der Waals surface area contributed by atoms with Crippen molar-refractivity contribution >= 4 is 11.5 Å². The van der Waals surface area contributed by atoms with Crippen LogP contribution in [0.5, 0.6) is 6.01 Å². The molecule has 2 aromatic rings. The SMILES string of the molecule is COc1nc(C)c([N+](=O)[O-])c(NCc2ccc(C3CN4CCC3CC4)cc2F)n1. The molecule has 0 radical (unpaired) electrons. The topological polar surface area (TPSA) is 93.4 Å². The van der Waals surface area contributed by atoms with Gasteiger partial charge in [0.1, 0.15) is 11.5 Å². The van der Waals surface area contributed by atoms with Gasteiger partial charge < -0.3 is 15.0 Å². The molecule has 0 spiro atoms. The molecule has 1 aromatic carbocycles. The van der Waals surface area contributed by atoms with Gasteiger partial charge in [0.25, 0.3) is 0 Å². The van der Waals surface area contributed by atoms with E-state index in [0.717, 1.165) is 25.2 Å². The standard InChI is InChI=1S/C20H24FN5O3/c1-12-18(26(27)28)19(24-20(23-12)29-2)22-10-15-4-3-14(9-17(15)21)16-11-25-7-5-13(16)6-8-25/h3-4,9,13,16H,5-8,10-11H2,1-2H3,(H,22,23,24). The molecule has 3 aliphatic heterocycles. The summed E-state index contributed by atoms with van der Waals surface area (Å²) in [6.07, 6.45) is 2.35. The molecule has 2 bridgehead atoms. The van der Waals surface area contributed by atoms with E-state index in [-0.39, 0.29) is 35.6 Å². The summed E-state index contributed by atoms with van der Waals surface area (Å²) in [6, 6.07) is 5.37. The number of nitrogens with zero attached hydrogens (tertiary/aromatic N) is 4. The van der Waals surface area contributed by atoms with Crippen LogP contribution in [0.25, 0.3) is 0 Å². The van der Waals surface area contributed by atoms with Crippen LogP contribution in [0, 0.1) is 28.8 Å². The van der Waals surface area contributed by atoms with Gasteiger partial charge in [-0.05, 0) is 56.3 Å². The minimum Gasteiger partial charge on any atom is -0.467 e. The van der Waals surface area contributed by atoms with Gasteiger partial charge in [-0.15, -0.1) is 0 Å². The van der Waals surface area contributed by atoms with Crippen LogP contribution in [0.15, 0.2) is 18.2 Å². The zero-order valence-electron chi connectivity index (χ0n) is 16.5. The number of aromatic nitrogens is 2. The predicted octanol–water partition coefficient (Wildman–Crippen LogP) is 3.26. The van der Waals surface area contributed by atoms with Crippen LogP contribution in [0.3, 0.4) is 0 Å². The third-order valence-electron chi connectivity index (χ3n) is 6.01. The zero-order chi connectivity index (χ0) is 20.5. The number of hydrogen-bond donors (Lipinski definition) is 1. The van der Waals surface area contributed by atoms with E-state index in [1.54, 1.807) is 12.1 Å². The Morgan fingerprint density at radius 1 is 1.34 bits per heavy atom. The Morgan fingerprint density at radius 3 is 2.69 bits per heavy atom. The van der Waals surface area contributed by atoms with Crippen LogP contribution < -0.4 is 10.1 Å². The van der Waals surface area contributed by atoms with Crippen LogP contribution >= 0.6 is 0 Å². The van der Waals surface area contributed by atoms with Gasteiger partial charge in [0.05, 0.1) is 12.0 Å². The van der Waals surface area contributed by atoms with Gasteiger partial charge >= 0.3 is 11.7 Å². The minimum absolute atomic E-state index is 0.0141. The van der Waals surface area contributed by atoms with E-state index in [1.807, 2.05) is 6.07 Å². The molecule has 1 unspecified atom stereocenters. The van der Waals surface area contributed by atoms with Crippen LogP contribution in [0.1, 0.15) is 35.6 Å². The summed E-state index contributed by atoms with van der Waals surface area (Å²) >= 11 is 0. The molecule has 8 nitrogen and oxygen atoms in total. The van der Waals surface area contributed by atoms with Crippen molar-refractivity contribution in [2.75, 3.05) is 32.1 Å². The van der Waals surface area contributed by atoms with Gasteiger partial charge in [-0.1, -0.05) is 12.1 Å². The van der Waals surface area contributed by atoms with E-state index >= 15 is 0 Å². The Hall–Kier alpha value is -2.81. The number of hydrogen-bond acceptors (Lipinski definition) is 7. The number of rotatable bonds is 6. The van der Waals surface area contributed by atoms with E-state index in [1.165, 1.54) is 26.9 Å². The predicted molar refractivity (Wildman–Crippen MR) is 106 cm³/mol. The average Bonchev–Trinajstić information content (AvgIpc) is 2.72. The van der Waals surface area contributed by atoms with Crippen molar-refractivity contribution in [2.24, 2.45) is 5.92 Å². The number of aryl methyl sites for hydroxylation is 1. The highest BCUT2D eigenvalue weighted by Gasteiger charge is 2.35. The largest absolute Gasteiger partial charge is 0.467 e. The van der Waals surface area contributed by atoms with Crippen LogP contribution in [0.2, 0.25) is 0 Å². The number of halogens is 1. The van der Waals surface area contributed by atoms with Crippen molar-refractivity contribution in [3.63, 3.8) is 0 Å². The second kappa shape index (κ2) is 7.90. The molecule has 1 atom stereocenters. The summed E-state index contributed by atoms with van der Waals surface area (Å²) in [5, 5.41) is 14.2. The van der Waals surface area contributed by atoms with E-state index in [9.17, 15) is 14.5 Å². The lowest BCUT2D eigenvalue weighted by atomic mass is 9.75. The van der Waals surface area contributed by atoms with E-state index in [0.29, 0.717) is 17.4 Å². The van der Waals surface area contributed by atoms with Gasteiger partial charge in [0.15, 0.2) is 0 Å². The highest BCUT2D eigenvalue weighted by Crippen LogP contribution is 2.39. The molecule has 3 fully saturated rings. The molecule has 0 amide bonds. The maximum absolute atomic E-state index is 14.8. The fourth-order valence-electron chi connectivity index (χ4n) is 4.43. The highest BCUT2D eigenvalue weighted by molar-refractivity contribution is 5.59. The molecular formula is C20H24FN5O3. The summed E-state index contributed by atoms with van der Waals surface area (Å²) in [6.45, 7) is 4.87. The molecule has 0 saturated carbocycles. The Bertz CT molecular complexity index is 931. The lowest BCUT2D eigenvalue weighted by molar-refractivity contribution is -0.385. The molecule has 9 heteroatoms. The first-order valence-electron chi connectivity index (χ1n) is 9.78. The average molecular weight is 401 g/mol. The first kappa shape index (κ1) is 19.5. The van der Waals surface area contributed by atoms with Crippen molar-refractivity contribution in [3.8, 4) is 6.01 Å². The molecule has 3 saturated heterocycles. The number of piperidine rings is 3. The quantitative estimate of drug-likeness (QED) is 0.586. The fourth-order valence-corrected chi connectivity index (χ4v) is 4.43. The van der Waals surface area contributed by atoms with E-state index in [2.05, 4.69) is 20.2 Å². The number of ether oxygens (including phenoxy) is 1. The number of benzene rings is 1. The smallest absolute Gasteiger partial charge is 0.332 e. The fraction of sp³-hybridized carbons (Fsp3) is 0.500. The second-order valence-electron chi connectivity index (χ2n) is 7.70. The molecule has 3 aliphatic rings. The molecule has 154 valence electrons. The van der Waals surface area contributed by atoms with Gasteiger partial charge in [0.2, 0.25) is 5.82 Å². The van der Waals surface area contributed by atoms with Crippen molar-refractivity contribution in [2.45, 2.75) is 32.2 Å². The molecule has 0 aliphatic carbocycles. The molecule has 29 heavy (non-hydrogen) atoms. The second-order valence-corrected chi connectivity index (χ2v) is 7.70. The summed E-state index contributed by atoms with van der Waals surface area (Å²) in [4.78, 5) is 21.2. The summed E-state index contributed by atoms with van der Waals surface area (Å²) < 4.78 is 19.8. The lowest BCUT2D eigenvalue weighted by Crippen LogP contribution is -2.46. The molecular weight excluding hydrogens is 377 g/mol. The van der Waals surface area contributed by atoms with Crippen LogP contribution in [0.4, 0.5) is 15.9 Å². The maximum Gasteiger partial charge on any atom is 0.332 e. The van der Waals surface area contributed by atoms with Gasteiger partial charge in [-0.25, -0.2) is 4.39 Å². The summed E-state index contributed by atoms with van der Waals surface area (Å²) in [7, 11) is 1.39. The molecule has 1 aromatic heterocycles. The first-order valence-corrected chi connectivity index (χ1v) is 9.78. The van der Waals surface area contributed by atoms with Crippen molar-refractivity contribution in [1.29, 1.82) is 0 Å². The zero-order valence-corrected chi connectivity index (χ0v) is 16.5. The number of anilines is 1. The van der Waals surface area contributed by atoms with Crippen molar-refractivity contribution < 1.29 is 14.1 Å². The Kier molecular flexibility index (Phi) is 5.31. The molecule has 1 N–H and O–H groups in total. The molecule has 5 rings (SSSR count). The number of fused-ring (bicyclic) bond motifs is 3. The van der Waals surface area contributed by atoms with Crippen LogP contribution in [-0.2, 0) is 6.54 Å². The summed E-state index contributed by atoms with van der Waals surface area (Å²) in [5.74, 6) is 0.707. The maximum atomic E-state index is 14.8. The van der Waals surface area contributed by atoms with Gasteiger partial charge in [-0.3, -0.25) is 10.1 Å². The number of nitro groups is 1. The van der Waals surface area contributed by atoms with Crippen LogP contribution in [-0.4, -0.2) is 46.5 Å². The third kappa shape index (κ3) is 3.87. The van der Waals surface area contributed by atoms with E-state index < -0.39 is 4.92 Å². The summed E-state index contributed by atoms with van der Waals surface area (Å²) in [5.41, 5.74) is 1.41. The lowest BCUT2D eigenvalue weighted by Gasteiger charge is -2.45. The van der Waals surface area contributed by atoms with Gasteiger partial charge in [-0.2, -0.15) is 9.97 Å².